The first-order valence-electron chi connectivity index (χ1n) is 7.69. The van der Waals surface area contributed by atoms with Crippen LogP contribution >= 0.6 is 11.3 Å². The van der Waals surface area contributed by atoms with Gasteiger partial charge in [0.15, 0.2) is 0 Å². The molecule has 1 aromatic heterocycles. The fourth-order valence-corrected chi connectivity index (χ4v) is 4.38. The van der Waals surface area contributed by atoms with Crippen LogP contribution in [0.1, 0.15) is 5.56 Å². The largest absolute Gasteiger partial charge is 0.346 e. The average molecular weight is 314 g/mol. The second-order valence-electron chi connectivity index (χ2n) is 5.75. The minimum Gasteiger partial charge on any atom is -0.346 e. The molecule has 0 spiro atoms. The highest BCUT2D eigenvalue weighted by molar-refractivity contribution is 7.25. The van der Waals surface area contributed by atoms with E-state index in [2.05, 4.69) is 77.1 Å². The normalized spacial score (nSPS) is 19.4. The molecule has 1 aliphatic heterocycles. The zero-order valence-electron chi connectivity index (χ0n) is 12.4. The van der Waals surface area contributed by atoms with E-state index >= 15 is 0 Å². The van der Waals surface area contributed by atoms with Gasteiger partial charge in [0, 0.05) is 25.7 Å². The predicted octanol–water partition coefficient (Wildman–Crippen LogP) is 4.89. The third-order valence-corrected chi connectivity index (χ3v) is 5.55. The molecule has 2 heterocycles. The Balaban J connectivity index is 1.74. The molecule has 1 aliphatic carbocycles. The van der Waals surface area contributed by atoms with Crippen LogP contribution in [0.25, 0.3) is 25.9 Å². The Kier molecular flexibility index (Phi) is 2.76. The summed E-state index contributed by atoms with van der Waals surface area (Å²) in [7, 11) is 0. The summed E-state index contributed by atoms with van der Waals surface area (Å²) in [6.45, 7) is 0. The third-order valence-electron chi connectivity index (χ3n) is 4.40. The number of allylic oxidation sites excluding steroid dienone is 2. The number of aliphatic imine (C=N–C) groups is 1. The molecule has 5 rings (SSSR count). The lowest BCUT2D eigenvalue weighted by Crippen LogP contribution is -2.23. The van der Waals surface area contributed by atoms with Crippen molar-refractivity contribution in [3.63, 3.8) is 0 Å². The molecule has 3 heteroatoms. The van der Waals surface area contributed by atoms with E-state index in [9.17, 15) is 0 Å². The predicted molar refractivity (Wildman–Crippen MR) is 99.9 cm³/mol. The van der Waals surface area contributed by atoms with Crippen molar-refractivity contribution < 1.29 is 0 Å². The molecule has 1 atom stereocenters. The number of thiophene rings is 1. The van der Waals surface area contributed by atoms with Gasteiger partial charge in [-0.05, 0) is 23.8 Å². The van der Waals surface area contributed by atoms with Gasteiger partial charge >= 0.3 is 0 Å². The Bertz CT molecular complexity index is 1050. The van der Waals surface area contributed by atoms with Crippen molar-refractivity contribution in [2.75, 3.05) is 0 Å². The molecule has 110 valence electrons. The van der Waals surface area contributed by atoms with E-state index in [4.69, 9.17) is 0 Å². The van der Waals surface area contributed by atoms with Gasteiger partial charge in [-0.15, -0.1) is 11.3 Å². The zero-order chi connectivity index (χ0) is 15.2. The van der Waals surface area contributed by atoms with Gasteiger partial charge < -0.3 is 5.32 Å². The van der Waals surface area contributed by atoms with Gasteiger partial charge in [0.2, 0.25) is 0 Å². The molecular weight excluding hydrogens is 300 g/mol. The summed E-state index contributed by atoms with van der Waals surface area (Å²) in [4.78, 5) is 4.50. The molecule has 23 heavy (non-hydrogen) atoms. The second kappa shape index (κ2) is 4.93. The molecule has 0 radical (unpaired) electrons. The van der Waals surface area contributed by atoms with Gasteiger partial charge in [-0.2, -0.15) is 0 Å². The number of benzene rings is 2. The molecule has 0 saturated heterocycles. The summed E-state index contributed by atoms with van der Waals surface area (Å²) in [6, 6.07) is 15.5. The fourth-order valence-electron chi connectivity index (χ4n) is 3.29. The zero-order valence-corrected chi connectivity index (χ0v) is 13.2. The van der Waals surface area contributed by atoms with Crippen LogP contribution < -0.4 is 5.32 Å². The van der Waals surface area contributed by atoms with Crippen LogP contribution in [0.3, 0.4) is 0 Å². The van der Waals surface area contributed by atoms with Crippen molar-refractivity contribution in [3.8, 4) is 0 Å². The molecule has 1 N–H and O–H groups in total. The highest BCUT2D eigenvalue weighted by Crippen LogP contribution is 2.36. The molecule has 0 amide bonds. The molecule has 2 aromatic carbocycles. The average Bonchev–Trinajstić information content (AvgIpc) is 2.99. The van der Waals surface area contributed by atoms with Crippen molar-refractivity contribution in [1.82, 2.24) is 5.32 Å². The Morgan fingerprint density at radius 1 is 0.957 bits per heavy atom. The van der Waals surface area contributed by atoms with Crippen LogP contribution in [0, 0.1) is 0 Å². The number of hydrogen-bond acceptors (Lipinski definition) is 3. The Labute approximate surface area is 138 Å². The minimum atomic E-state index is 0.131. The van der Waals surface area contributed by atoms with Gasteiger partial charge in [-0.25, -0.2) is 0 Å². The maximum Gasteiger partial charge on any atom is 0.0971 e. The molecule has 3 aromatic rings. The van der Waals surface area contributed by atoms with E-state index in [1.54, 1.807) is 0 Å². The molecule has 0 saturated carbocycles. The maximum absolute atomic E-state index is 4.50. The lowest BCUT2D eigenvalue weighted by molar-refractivity contribution is 0.939. The summed E-state index contributed by atoms with van der Waals surface area (Å²) in [5.41, 5.74) is 3.60. The number of nitrogens with zero attached hydrogens (tertiary/aromatic N) is 1. The maximum atomic E-state index is 4.50. The quantitative estimate of drug-likeness (QED) is 0.679. The summed E-state index contributed by atoms with van der Waals surface area (Å²) in [5, 5.41) is 6.01. The van der Waals surface area contributed by atoms with Gasteiger partial charge in [0.25, 0.3) is 0 Å². The van der Waals surface area contributed by atoms with E-state index in [1.165, 1.54) is 31.3 Å². The topological polar surface area (TPSA) is 24.4 Å². The van der Waals surface area contributed by atoms with Gasteiger partial charge in [0.05, 0.1) is 18.1 Å². The van der Waals surface area contributed by atoms with Crippen LogP contribution in [0.2, 0.25) is 0 Å². The molecule has 0 bridgehead atoms. The van der Waals surface area contributed by atoms with Crippen molar-refractivity contribution in [1.29, 1.82) is 0 Å². The Hall–Kier alpha value is -2.65. The first-order chi connectivity index (χ1) is 11.4. The Morgan fingerprint density at radius 2 is 1.87 bits per heavy atom. The molecule has 0 fully saturated rings. The smallest absolute Gasteiger partial charge is 0.0971 e. The molecule has 2 aliphatic rings. The van der Waals surface area contributed by atoms with E-state index < -0.39 is 0 Å². The summed E-state index contributed by atoms with van der Waals surface area (Å²) in [5.74, 6) is 0. The minimum absolute atomic E-state index is 0.131. The number of nitrogens with one attached hydrogen (secondary N) is 1. The van der Waals surface area contributed by atoms with E-state index in [0.717, 1.165) is 5.70 Å². The molecular formula is C20H14N2S. The van der Waals surface area contributed by atoms with Crippen LogP contribution in [0.5, 0.6) is 0 Å². The van der Waals surface area contributed by atoms with Crippen LogP contribution in [0.4, 0.5) is 0 Å². The first kappa shape index (κ1) is 12.9. The summed E-state index contributed by atoms with van der Waals surface area (Å²) < 4.78 is 2.68. The van der Waals surface area contributed by atoms with Crippen LogP contribution in [-0.4, -0.2) is 12.4 Å². The van der Waals surface area contributed by atoms with E-state index in [0.29, 0.717) is 0 Å². The summed E-state index contributed by atoms with van der Waals surface area (Å²) in [6.07, 6.45) is 10.2. The monoisotopic (exact) mass is 314 g/mol. The molecule has 2 nitrogen and oxygen atoms in total. The SMILES string of the molecule is C1=CC2=C(c3ccc4sc5ccccc5c4c3)NC=NC2C=C1. The van der Waals surface area contributed by atoms with Crippen molar-refractivity contribution in [3.05, 3.63) is 77.9 Å². The standard InChI is InChI=1S/C20H14N2S/c1-3-7-17-15(6-1)20(22-12-21-17)13-9-10-19-16(11-13)14-5-2-4-8-18(14)23-19/h1-12,17H,(H,21,22). The number of hydrogen-bond donors (Lipinski definition) is 1. The number of fused-ring (bicyclic) bond motifs is 4. The van der Waals surface area contributed by atoms with E-state index in [1.807, 2.05) is 17.7 Å². The summed E-state index contributed by atoms with van der Waals surface area (Å²) >= 11 is 1.85. The highest BCUT2D eigenvalue weighted by Gasteiger charge is 2.19. The van der Waals surface area contributed by atoms with Gasteiger partial charge in [-0.3, -0.25) is 4.99 Å². The van der Waals surface area contributed by atoms with Crippen molar-refractivity contribution in [2.24, 2.45) is 4.99 Å². The van der Waals surface area contributed by atoms with Crippen LogP contribution in [0.15, 0.2) is 77.3 Å². The highest BCUT2D eigenvalue weighted by atomic mass is 32.1. The Morgan fingerprint density at radius 3 is 2.87 bits per heavy atom. The molecule has 1 unspecified atom stereocenters. The number of rotatable bonds is 1. The third kappa shape index (κ3) is 1.97. The fraction of sp³-hybridized carbons (Fsp3) is 0.0500. The second-order valence-corrected chi connectivity index (χ2v) is 6.83. The lowest BCUT2D eigenvalue weighted by Gasteiger charge is -2.22. The van der Waals surface area contributed by atoms with Crippen molar-refractivity contribution >= 4 is 43.5 Å². The van der Waals surface area contributed by atoms with E-state index in [-0.39, 0.29) is 6.04 Å². The van der Waals surface area contributed by atoms with Crippen molar-refractivity contribution in [2.45, 2.75) is 6.04 Å². The lowest BCUT2D eigenvalue weighted by atomic mass is 9.95. The van der Waals surface area contributed by atoms with Gasteiger partial charge in [0.1, 0.15) is 0 Å². The van der Waals surface area contributed by atoms with Gasteiger partial charge in [-0.1, -0.05) is 48.6 Å². The van der Waals surface area contributed by atoms with Crippen LogP contribution in [-0.2, 0) is 0 Å². The first-order valence-corrected chi connectivity index (χ1v) is 8.51.